The van der Waals surface area contributed by atoms with Crippen molar-refractivity contribution < 1.29 is 4.42 Å². The minimum absolute atomic E-state index is 0.338. The van der Waals surface area contributed by atoms with Crippen LogP contribution in [0.4, 0.5) is 0 Å². The lowest BCUT2D eigenvalue weighted by Crippen LogP contribution is -2.33. The molecule has 4 heterocycles. The summed E-state index contributed by atoms with van der Waals surface area (Å²) in [6.45, 7) is 0. The van der Waals surface area contributed by atoms with Crippen molar-refractivity contribution in [2.24, 2.45) is 9.98 Å². The predicted molar refractivity (Wildman–Crippen MR) is 242 cm³/mol. The van der Waals surface area contributed by atoms with Crippen molar-refractivity contribution in [1.82, 2.24) is 10.3 Å². The molecule has 58 heavy (non-hydrogen) atoms. The number of fused-ring (bicyclic) bond motifs is 10. The van der Waals surface area contributed by atoms with Crippen LogP contribution in [0.5, 0.6) is 0 Å². The Hall–Kier alpha value is -7.41. The van der Waals surface area contributed by atoms with Gasteiger partial charge in [0.05, 0.1) is 11.2 Å². The highest BCUT2D eigenvalue weighted by atomic mass is 32.1. The summed E-state index contributed by atoms with van der Waals surface area (Å²) >= 11 is 1.81. The standard InChI is InChI=1S/C52H32N4OS/c1-3-13-32(14-4-1)48-38-29-30-39-45-35(19-11-22-42(45)57-49(39)47(38)36-17-7-9-21-41(36)53-48)31-25-27-34(28-26-31)51-54-50(33-15-5-2-6-16-33)55-52(56-51)40-20-12-24-44-46(40)37-18-8-10-23-43(37)58-44/h1-30,51H,(H,54,55,56). The molecule has 0 saturated carbocycles. The van der Waals surface area contributed by atoms with E-state index in [1.54, 1.807) is 0 Å². The van der Waals surface area contributed by atoms with E-state index in [0.29, 0.717) is 0 Å². The molecule has 5 nitrogen and oxygen atoms in total. The zero-order valence-corrected chi connectivity index (χ0v) is 31.9. The van der Waals surface area contributed by atoms with Crippen molar-refractivity contribution in [3.8, 4) is 22.4 Å². The first-order valence-corrected chi connectivity index (χ1v) is 20.3. The normalized spacial score (nSPS) is 14.4. The molecule has 1 unspecified atom stereocenters. The van der Waals surface area contributed by atoms with Gasteiger partial charge in [0.2, 0.25) is 0 Å². The van der Waals surface area contributed by atoms with Crippen LogP contribution in [-0.4, -0.2) is 16.7 Å². The van der Waals surface area contributed by atoms with E-state index in [9.17, 15) is 0 Å². The Bertz CT molecular complexity index is 3470. The number of aliphatic imine (C=N–C) groups is 2. The van der Waals surface area contributed by atoms with Gasteiger partial charge in [-0.25, -0.2) is 15.0 Å². The molecule has 0 fully saturated rings. The molecule has 0 saturated heterocycles. The number of furan rings is 1. The first kappa shape index (κ1) is 32.8. The zero-order valence-electron chi connectivity index (χ0n) is 31.1. The molecule has 272 valence electrons. The lowest BCUT2D eigenvalue weighted by atomic mass is 9.95. The number of hydrogen-bond donors (Lipinski definition) is 1. The lowest BCUT2D eigenvalue weighted by molar-refractivity contribution is 0.673. The molecule has 1 aliphatic rings. The minimum atomic E-state index is -0.338. The van der Waals surface area contributed by atoms with E-state index in [2.05, 4.69) is 157 Å². The third-order valence-electron chi connectivity index (χ3n) is 11.3. The van der Waals surface area contributed by atoms with Crippen LogP contribution < -0.4 is 5.32 Å². The Morgan fingerprint density at radius 1 is 0.483 bits per heavy atom. The summed E-state index contributed by atoms with van der Waals surface area (Å²) in [4.78, 5) is 15.6. The van der Waals surface area contributed by atoms with Crippen molar-refractivity contribution >= 4 is 86.8 Å². The second-order valence-corrected chi connectivity index (χ2v) is 15.8. The van der Waals surface area contributed by atoms with Crippen molar-refractivity contribution in [1.29, 1.82) is 0 Å². The maximum absolute atomic E-state index is 6.84. The highest BCUT2D eigenvalue weighted by Gasteiger charge is 2.24. The molecule has 1 atom stereocenters. The Labute approximate surface area is 337 Å². The fraction of sp³-hybridized carbons (Fsp3) is 0.0192. The first-order valence-electron chi connectivity index (χ1n) is 19.5. The van der Waals surface area contributed by atoms with Crippen LogP contribution in [0.15, 0.2) is 196 Å². The number of rotatable bonds is 5. The van der Waals surface area contributed by atoms with E-state index in [0.717, 1.165) is 94.4 Å². The van der Waals surface area contributed by atoms with E-state index in [4.69, 9.17) is 19.4 Å². The van der Waals surface area contributed by atoms with E-state index in [1.165, 1.54) is 20.2 Å². The van der Waals surface area contributed by atoms with E-state index >= 15 is 0 Å². The summed E-state index contributed by atoms with van der Waals surface area (Å²) in [6, 6.07) is 63.7. The topological polar surface area (TPSA) is 62.8 Å². The van der Waals surface area contributed by atoms with Gasteiger partial charge in [-0.05, 0) is 47.0 Å². The SMILES string of the molecule is c1ccc(C2=NC(c3cccc4sc5ccccc5c34)=NC(c3ccc(-c4cccc5oc6c(ccc7c(-c8ccccc8)nc8ccccc8c76)c45)cc3)N2)cc1. The lowest BCUT2D eigenvalue weighted by Gasteiger charge is -2.24. The molecule has 12 rings (SSSR count). The van der Waals surface area contributed by atoms with Crippen molar-refractivity contribution in [2.75, 3.05) is 0 Å². The molecule has 3 aromatic heterocycles. The van der Waals surface area contributed by atoms with Gasteiger partial charge in [-0.3, -0.25) is 0 Å². The van der Waals surface area contributed by atoms with Crippen LogP contribution in [-0.2, 0) is 0 Å². The maximum Gasteiger partial charge on any atom is 0.160 e. The molecular weight excluding hydrogens is 729 g/mol. The van der Waals surface area contributed by atoms with Crippen LogP contribution in [0.25, 0.3) is 86.2 Å². The van der Waals surface area contributed by atoms with Gasteiger partial charge in [-0.15, -0.1) is 11.3 Å². The molecule has 0 bridgehead atoms. The van der Waals surface area contributed by atoms with Crippen molar-refractivity contribution in [3.05, 3.63) is 199 Å². The monoisotopic (exact) mass is 760 g/mol. The van der Waals surface area contributed by atoms with Crippen molar-refractivity contribution in [3.63, 3.8) is 0 Å². The fourth-order valence-corrected chi connectivity index (χ4v) is 9.79. The van der Waals surface area contributed by atoms with Gasteiger partial charge in [-0.2, -0.15) is 0 Å². The molecule has 0 amide bonds. The van der Waals surface area contributed by atoms with Crippen LogP contribution in [0.1, 0.15) is 22.9 Å². The Balaban J connectivity index is 0.986. The molecule has 11 aromatic rings. The summed E-state index contributed by atoms with van der Waals surface area (Å²) in [6.07, 6.45) is -0.338. The van der Waals surface area contributed by atoms with Crippen LogP contribution in [0, 0.1) is 0 Å². The Morgan fingerprint density at radius 2 is 1.17 bits per heavy atom. The number of nitrogens with one attached hydrogen (secondary N) is 1. The summed E-state index contributed by atoms with van der Waals surface area (Å²) in [5, 5.41) is 11.5. The maximum atomic E-state index is 6.84. The van der Waals surface area contributed by atoms with Crippen LogP contribution in [0.2, 0.25) is 0 Å². The molecule has 0 spiro atoms. The quantitative estimate of drug-likeness (QED) is 0.178. The fourth-order valence-electron chi connectivity index (χ4n) is 8.66. The highest BCUT2D eigenvalue weighted by Crippen LogP contribution is 2.44. The minimum Gasteiger partial charge on any atom is -0.455 e. The number of nitrogens with zero attached hydrogens (tertiary/aromatic N) is 3. The number of pyridine rings is 1. The molecule has 0 aliphatic carbocycles. The third-order valence-corrected chi connectivity index (χ3v) is 12.5. The Morgan fingerprint density at radius 3 is 2.02 bits per heavy atom. The number of thiophene rings is 1. The van der Waals surface area contributed by atoms with Crippen LogP contribution >= 0.6 is 11.3 Å². The number of aromatic nitrogens is 1. The summed E-state index contributed by atoms with van der Waals surface area (Å²) in [7, 11) is 0. The summed E-state index contributed by atoms with van der Waals surface area (Å²) < 4.78 is 9.33. The van der Waals surface area contributed by atoms with Gasteiger partial charge in [0.1, 0.15) is 23.2 Å². The van der Waals surface area contributed by atoms with E-state index < -0.39 is 0 Å². The predicted octanol–water partition coefficient (Wildman–Crippen LogP) is 13.5. The molecule has 1 N–H and O–H groups in total. The second kappa shape index (κ2) is 13.1. The Kier molecular flexibility index (Phi) is 7.40. The molecular formula is C52H32N4OS. The molecule has 6 heteroatoms. The van der Waals surface area contributed by atoms with Gasteiger partial charge >= 0.3 is 0 Å². The van der Waals surface area contributed by atoms with E-state index in [-0.39, 0.29) is 6.17 Å². The summed E-state index contributed by atoms with van der Waals surface area (Å²) in [5.41, 5.74) is 10.0. The van der Waals surface area contributed by atoms with Gasteiger partial charge in [0.25, 0.3) is 0 Å². The van der Waals surface area contributed by atoms with Gasteiger partial charge in [0.15, 0.2) is 5.84 Å². The molecule has 8 aromatic carbocycles. The number of para-hydroxylation sites is 1. The van der Waals surface area contributed by atoms with Crippen LogP contribution in [0.3, 0.4) is 0 Å². The van der Waals surface area contributed by atoms with Crippen molar-refractivity contribution in [2.45, 2.75) is 6.17 Å². The average Bonchev–Trinajstić information content (AvgIpc) is 3.88. The molecule has 0 radical (unpaired) electrons. The first-order chi connectivity index (χ1) is 28.7. The average molecular weight is 761 g/mol. The number of benzene rings is 8. The smallest absolute Gasteiger partial charge is 0.160 e. The number of hydrogen-bond acceptors (Lipinski definition) is 6. The third kappa shape index (κ3) is 5.19. The van der Waals surface area contributed by atoms with Gasteiger partial charge in [0, 0.05) is 63.8 Å². The second-order valence-electron chi connectivity index (χ2n) is 14.7. The van der Waals surface area contributed by atoms with Gasteiger partial charge in [-0.1, -0.05) is 152 Å². The summed E-state index contributed by atoms with van der Waals surface area (Å²) in [5.74, 6) is 1.53. The van der Waals surface area contributed by atoms with E-state index in [1.807, 2.05) is 41.7 Å². The molecule has 1 aliphatic heterocycles. The van der Waals surface area contributed by atoms with Gasteiger partial charge < -0.3 is 9.73 Å². The largest absolute Gasteiger partial charge is 0.455 e. The highest BCUT2D eigenvalue weighted by molar-refractivity contribution is 7.25. The number of amidine groups is 2. The zero-order chi connectivity index (χ0) is 38.2.